The molecule has 0 aromatic heterocycles. The Balaban J connectivity index is 2.25. The van der Waals surface area contributed by atoms with Crippen molar-refractivity contribution in [3.8, 4) is 5.75 Å². The standard InChI is InChI=1S/C16H19NO2S2/c1-4-17-15(18)14(21-16(17)20)9-12-7-5-6-8-13(12)19-10-11(2)3/h5-9,11H,4,10H2,1-3H3/b14-9-. The van der Waals surface area contributed by atoms with Crippen molar-refractivity contribution in [2.75, 3.05) is 13.2 Å². The van der Waals surface area contributed by atoms with Crippen molar-refractivity contribution in [2.45, 2.75) is 20.8 Å². The first-order valence-electron chi connectivity index (χ1n) is 7.00. The molecule has 0 radical (unpaired) electrons. The molecule has 21 heavy (non-hydrogen) atoms. The van der Waals surface area contributed by atoms with Crippen LogP contribution in [0.15, 0.2) is 29.2 Å². The highest BCUT2D eigenvalue weighted by Gasteiger charge is 2.30. The number of rotatable bonds is 5. The summed E-state index contributed by atoms with van der Waals surface area (Å²) in [4.78, 5) is 14.5. The monoisotopic (exact) mass is 321 g/mol. The summed E-state index contributed by atoms with van der Waals surface area (Å²) >= 11 is 6.57. The number of hydrogen-bond acceptors (Lipinski definition) is 4. The van der Waals surface area contributed by atoms with E-state index >= 15 is 0 Å². The lowest BCUT2D eigenvalue weighted by atomic mass is 10.1. The minimum Gasteiger partial charge on any atom is -0.493 e. The molecule has 0 spiro atoms. The van der Waals surface area contributed by atoms with Crippen LogP contribution in [-0.4, -0.2) is 28.3 Å². The lowest BCUT2D eigenvalue weighted by Gasteiger charge is -2.11. The van der Waals surface area contributed by atoms with Gasteiger partial charge >= 0.3 is 0 Å². The van der Waals surface area contributed by atoms with Crippen LogP contribution < -0.4 is 4.74 Å². The molecule has 0 atom stereocenters. The van der Waals surface area contributed by atoms with Crippen molar-refractivity contribution in [2.24, 2.45) is 5.92 Å². The van der Waals surface area contributed by atoms with E-state index in [-0.39, 0.29) is 5.91 Å². The van der Waals surface area contributed by atoms with Gasteiger partial charge in [0.25, 0.3) is 5.91 Å². The lowest BCUT2D eigenvalue weighted by Crippen LogP contribution is -2.27. The van der Waals surface area contributed by atoms with Gasteiger partial charge in [0.15, 0.2) is 0 Å². The van der Waals surface area contributed by atoms with E-state index in [2.05, 4.69) is 13.8 Å². The number of para-hydroxylation sites is 1. The first-order valence-corrected chi connectivity index (χ1v) is 8.22. The van der Waals surface area contributed by atoms with Crippen LogP contribution in [0, 0.1) is 5.92 Å². The summed E-state index contributed by atoms with van der Waals surface area (Å²) in [6.07, 6.45) is 1.87. The van der Waals surface area contributed by atoms with Gasteiger partial charge in [-0.1, -0.05) is 56.0 Å². The molecule has 1 saturated heterocycles. The number of carbonyl (C=O) groups is 1. The summed E-state index contributed by atoms with van der Waals surface area (Å²) < 4.78 is 6.43. The molecule has 1 aromatic rings. The van der Waals surface area contributed by atoms with Gasteiger partial charge in [0, 0.05) is 12.1 Å². The molecular weight excluding hydrogens is 302 g/mol. The third kappa shape index (κ3) is 3.86. The molecule has 1 heterocycles. The van der Waals surface area contributed by atoms with Gasteiger partial charge in [-0.2, -0.15) is 0 Å². The molecule has 2 rings (SSSR count). The SMILES string of the molecule is CCN1C(=O)/C(=C/c2ccccc2OCC(C)C)SC1=S. The number of nitrogens with zero attached hydrogens (tertiary/aromatic N) is 1. The molecule has 0 aliphatic carbocycles. The van der Waals surface area contributed by atoms with Gasteiger partial charge < -0.3 is 4.74 Å². The van der Waals surface area contributed by atoms with E-state index in [0.29, 0.717) is 28.3 Å². The number of thiocarbonyl (C=S) groups is 1. The van der Waals surface area contributed by atoms with Crippen LogP contribution in [0.2, 0.25) is 0 Å². The summed E-state index contributed by atoms with van der Waals surface area (Å²) in [5.41, 5.74) is 0.912. The summed E-state index contributed by atoms with van der Waals surface area (Å²) in [7, 11) is 0. The Labute approximate surface area is 135 Å². The van der Waals surface area contributed by atoms with Crippen molar-refractivity contribution in [3.05, 3.63) is 34.7 Å². The predicted molar refractivity (Wildman–Crippen MR) is 92.3 cm³/mol. The Morgan fingerprint density at radius 3 is 2.71 bits per heavy atom. The van der Waals surface area contributed by atoms with E-state index in [4.69, 9.17) is 17.0 Å². The fourth-order valence-electron chi connectivity index (χ4n) is 1.90. The first-order chi connectivity index (χ1) is 10.0. The zero-order valence-electron chi connectivity index (χ0n) is 12.5. The Kier molecular flexibility index (Phi) is 5.42. The second kappa shape index (κ2) is 7.09. The number of benzene rings is 1. The van der Waals surface area contributed by atoms with Gasteiger partial charge in [-0.15, -0.1) is 0 Å². The topological polar surface area (TPSA) is 29.5 Å². The molecule has 1 fully saturated rings. The zero-order chi connectivity index (χ0) is 15.4. The highest BCUT2D eigenvalue weighted by Crippen LogP contribution is 2.34. The number of carbonyl (C=O) groups excluding carboxylic acids is 1. The minimum absolute atomic E-state index is 0.0221. The summed E-state index contributed by atoms with van der Waals surface area (Å²) in [6, 6.07) is 7.75. The van der Waals surface area contributed by atoms with Crippen molar-refractivity contribution in [1.29, 1.82) is 0 Å². The van der Waals surface area contributed by atoms with E-state index in [9.17, 15) is 4.79 Å². The maximum atomic E-state index is 12.2. The average Bonchev–Trinajstić information content (AvgIpc) is 2.72. The van der Waals surface area contributed by atoms with Gasteiger partial charge in [0.05, 0.1) is 11.5 Å². The first kappa shape index (κ1) is 16.0. The minimum atomic E-state index is -0.0221. The van der Waals surface area contributed by atoms with Crippen LogP contribution in [0.3, 0.4) is 0 Å². The molecular formula is C16H19NO2S2. The summed E-state index contributed by atoms with van der Waals surface area (Å²) in [5, 5.41) is 0. The van der Waals surface area contributed by atoms with E-state index in [0.717, 1.165) is 11.3 Å². The van der Waals surface area contributed by atoms with Crippen molar-refractivity contribution in [1.82, 2.24) is 4.90 Å². The largest absolute Gasteiger partial charge is 0.493 e. The van der Waals surface area contributed by atoms with Gasteiger partial charge in [0.2, 0.25) is 0 Å². The van der Waals surface area contributed by atoms with Gasteiger partial charge in [-0.25, -0.2) is 0 Å². The number of thioether (sulfide) groups is 1. The molecule has 1 aromatic carbocycles. The highest BCUT2D eigenvalue weighted by atomic mass is 32.2. The Morgan fingerprint density at radius 1 is 1.38 bits per heavy atom. The highest BCUT2D eigenvalue weighted by molar-refractivity contribution is 8.26. The third-order valence-corrected chi connectivity index (χ3v) is 4.35. The van der Waals surface area contributed by atoms with Crippen molar-refractivity contribution < 1.29 is 9.53 Å². The number of likely N-dealkylation sites (N-methyl/N-ethyl adjacent to an activating group) is 1. The maximum Gasteiger partial charge on any atom is 0.266 e. The van der Waals surface area contributed by atoms with E-state index in [1.807, 2.05) is 37.3 Å². The van der Waals surface area contributed by atoms with Crippen molar-refractivity contribution in [3.63, 3.8) is 0 Å². The lowest BCUT2D eigenvalue weighted by molar-refractivity contribution is -0.121. The van der Waals surface area contributed by atoms with E-state index < -0.39 is 0 Å². The third-order valence-electron chi connectivity index (χ3n) is 2.97. The number of hydrogen-bond donors (Lipinski definition) is 0. The fourth-order valence-corrected chi connectivity index (χ4v) is 3.28. The van der Waals surface area contributed by atoms with Crippen LogP contribution >= 0.6 is 24.0 Å². The summed E-state index contributed by atoms with van der Waals surface area (Å²) in [5.74, 6) is 1.23. The fraction of sp³-hybridized carbons (Fsp3) is 0.375. The molecule has 0 saturated carbocycles. The van der Waals surface area contributed by atoms with Crippen LogP contribution in [0.25, 0.3) is 6.08 Å². The molecule has 0 N–H and O–H groups in total. The van der Waals surface area contributed by atoms with Gasteiger partial charge in [-0.05, 0) is 25.0 Å². The average molecular weight is 321 g/mol. The van der Waals surface area contributed by atoms with Crippen LogP contribution in [0.1, 0.15) is 26.3 Å². The molecule has 1 aliphatic heterocycles. The van der Waals surface area contributed by atoms with E-state index in [1.165, 1.54) is 11.8 Å². The number of ether oxygens (including phenoxy) is 1. The molecule has 1 aliphatic rings. The molecule has 0 bridgehead atoms. The molecule has 5 heteroatoms. The number of amides is 1. The normalized spacial score (nSPS) is 17.1. The second-order valence-corrected chi connectivity index (χ2v) is 6.84. The predicted octanol–water partition coefficient (Wildman–Crippen LogP) is 3.94. The Morgan fingerprint density at radius 2 is 2.10 bits per heavy atom. The van der Waals surface area contributed by atoms with Crippen molar-refractivity contribution >= 4 is 40.3 Å². The van der Waals surface area contributed by atoms with Crippen LogP contribution in [-0.2, 0) is 4.79 Å². The molecule has 1 amide bonds. The van der Waals surface area contributed by atoms with Gasteiger partial charge in [0.1, 0.15) is 10.1 Å². The molecule has 112 valence electrons. The van der Waals surface area contributed by atoms with Gasteiger partial charge in [-0.3, -0.25) is 9.69 Å². The quantitative estimate of drug-likeness (QED) is 0.607. The second-order valence-electron chi connectivity index (χ2n) is 5.17. The smallest absolute Gasteiger partial charge is 0.266 e. The Hall–Kier alpha value is -1.33. The Bertz CT molecular complexity index is 581. The van der Waals surface area contributed by atoms with Crippen LogP contribution in [0.5, 0.6) is 5.75 Å². The molecule has 0 unspecified atom stereocenters. The molecule has 3 nitrogen and oxygen atoms in total. The zero-order valence-corrected chi connectivity index (χ0v) is 14.1. The summed E-state index contributed by atoms with van der Waals surface area (Å²) in [6.45, 7) is 7.39. The maximum absolute atomic E-state index is 12.2. The van der Waals surface area contributed by atoms with Crippen LogP contribution in [0.4, 0.5) is 0 Å². The van der Waals surface area contributed by atoms with E-state index in [1.54, 1.807) is 4.90 Å².